The van der Waals surface area contributed by atoms with Crippen LogP contribution in [-0.2, 0) is 14.3 Å². The maximum absolute atomic E-state index is 12.2. The number of H-pyrrole nitrogens is 1. The van der Waals surface area contributed by atoms with Crippen molar-refractivity contribution in [2.45, 2.75) is 193 Å². The van der Waals surface area contributed by atoms with Crippen molar-refractivity contribution in [2.24, 2.45) is 5.73 Å². The zero-order chi connectivity index (χ0) is 76.3. The fourth-order valence-corrected chi connectivity index (χ4v) is 14.5. The largest absolute Gasteiger partial charge is 0.446 e. The number of nitrogens with two attached hydrogens (primary N) is 1. The lowest BCUT2D eigenvalue weighted by atomic mass is 10.1. The van der Waals surface area contributed by atoms with Gasteiger partial charge in [0.1, 0.15) is 11.2 Å². The molecule has 105 heavy (non-hydrogen) atoms. The summed E-state index contributed by atoms with van der Waals surface area (Å²) < 4.78 is 53.6. The number of nitrogens with one attached hydrogen (secondary N) is 4. The molecule has 3 fully saturated rings. The number of aldehydes is 1. The van der Waals surface area contributed by atoms with Gasteiger partial charge in [-0.3, -0.25) is 18.0 Å². The maximum atomic E-state index is 12.2. The van der Waals surface area contributed by atoms with E-state index in [1.54, 1.807) is 56.1 Å². The molecule has 0 bridgehead atoms. The van der Waals surface area contributed by atoms with Crippen LogP contribution in [0.3, 0.4) is 0 Å². The topological polar surface area (TPSA) is 296 Å². The molecule has 3 aromatic carbocycles. The molecule has 3 atom stereocenters. The molecule has 3 aliphatic rings. The first-order valence-electron chi connectivity index (χ1n) is 33.2. The molecule has 3 unspecified atom stereocenters. The monoisotopic (exact) mass is 1630 g/mol. The number of amides is 2. The molecule has 6 N–H and O–H groups in total. The van der Waals surface area contributed by atoms with Gasteiger partial charge in [0.05, 0.1) is 44.8 Å². The van der Waals surface area contributed by atoms with Crippen molar-refractivity contribution in [3.8, 4) is 0 Å². The number of alkyl carbamates (subject to hydrolysis) is 2. The number of benzene rings is 3. The number of ether oxygens (including phenoxy) is 2. The molecular weight excluding hydrogens is 1540 g/mol. The van der Waals surface area contributed by atoms with E-state index in [0.717, 1.165) is 150 Å². The molecule has 572 valence electrons. The number of nitrogens with zero attached hydrogens (tertiary/aromatic N) is 12. The maximum Gasteiger partial charge on any atom is 0.446 e. The summed E-state index contributed by atoms with van der Waals surface area (Å²) >= 11 is 41.6. The highest BCUT2D eigenvalue weighted by Gasteiger charge is 2.27. The van der Waals surface area contributed by atoms with Crippen LogP contribution in [0.5, 0.6) is 0 Å². The van der Waals surface area contributed by atoms with Crippen LogP contribution >= 0.6 is 105 Å². The summed E-state index contributed by atoms with van der Waals surface area (Å²) in [5, 5.41) is 24.4. The Balaban J connectivity index is 0.000000292. The molecule has 2 amide bonds. The minimum absolute atomic E-state index is 0. The predicted molar refractivity (Wildman–Crippen MR) is 417 cm³/mol. The number of imidazole rings is 3. The Hall–Kier alpha value is -6.95. The molecule has 3 aliphatic heterocycles. The Kier molecular flexibility index (Phi) is 37.0. The third kappa shape index (κ3) is 28.3. The summed E-state index contributed by atoms with van der Waals surface area (Å²) in [7, 11) is 0. The smallest absolute Gasteiger partial charge is 0.444 e. The number of fused-ring (bicyclic) bond motifs is 3. The second kappa shape index (κ2) is 43.8. The number of anilines is 2. The van der Waals surface area contributed by atoms with Gasteiger partial charge in [-0.05, 0) is 149 Å². The summed E-state index contributed by atoms with van der Waals surface area (Å²) in [5.74, 6) is 1.75. The van der Waals surface area contributed by atoms with E-state index in [1.807, 2.05) is 112 Å². The number of alkyl halides is 3. The minimum Gasteiger partial charge on any atom is -0.444 e. The average molecular weight is 1630 g/mol. The van der Waals surface area contributed by atoms with Gasteiger partial charge in [0.25, 0.3) is 0 Å². The van der Waals surface area contributed by atoms with Crippen LogP contribution < -0.4 is 37.2 Å². The van der Waals surface area contributed by atoms with Gasteiger partial charge in [-0.2, -0.15) is 13.2 Å². The summed E-state index contributed by atoms with van der Waals surface area (Å²) in [5.41, 5.74) is 7.23. The lowest BCUT2D eigenvalue weighted by Crippen LogP contribution is -2.39. The van der Waals surface area contributed by atoms with Gasteiger partial charge in [-0.1, -0.05) is 152 Å². The standard InChI is InChI=1S/C23H27Cl2N5O2S.C18H19Cl2N5S.C12H7Cl2N3OS.C11H22N2O2.C2HF3O.C2H6.2CH4.N2/c1-23(2,3)32-22(31)28-15-6-5-11-29(12-9-15)21-27-14-18(20-26-10-13-30(20)21)33-17-8-4-7-16(24)19(17)25;19-13-4-1-5-14(16(13)20)26-15-11-23-18(25-10-7-22-17(15)25)24-8-2-3-12(21)6-9-24;13-7-2-1-3-8(10(7)14)19-9-6-16-12(18)17-5-4-15-11(9)17;1-11(2,3)15-10(14)13-9-5-4-7-12-8-6-9;3-2(4,5)1-6;1-2;;;1-2/h4,7-8,10,13-15H,5-6,9,11-12H2,1-3H3,(H,28,31);1,4-5,7,10-12H,2-3,6,8-9,21H2;1-6H,(H,16,18);9,12H,4-8H2,1-3H3,(H,13,14);1H;1-2H3;2*1H4;/i;;;;;1D;;;. The van der Waals surface area contributed by atoms with Crippen LogP contribution in [0, 0.1) is 10.8 Å². The van der Waals surface area contributed by atoms with Gasteiger partial charge in [0.15, 0.2) is 16.9 Å². The average Bonchev–Trinajstić information content (AvgIpc) is 1.59. The third-order valence-corrected chi connectivity index (χ3v) is 20.8. The predicted octanol–water partition coefficient (Wildman–Crippen LogP) is 18.8. The zero-order valence-electron chi connectivity index (χ0n) is 58.5. The van der Waals surface area contributed by atoms with Crippen LogP contribution in [0.4, 0.5) is 34.7 Å². The van der Waals surface area contributed by atoms with Crippen molar-refractivity contribution >= 4 is 152 Å². The number of aromatic amines is 1. The molecule has 0 aliphatic carbocycles. The van der Waals surface area contributed by atoms with Crippen LogP contribution in [-0.4, -0.2) is 136 Å². The highest BCUT2D eigenvalue weighted by Crippen LogP contribution is 2.42. The van der Waals surface area contributed by atoms with Gasteiger partial charge >= 0.3 is 24.1 Å². The number of aromatic nitrogens is 9. The van der Waals surface area contributed by atoms with Crippen molar-refractivity contribution in [2.75, 3.05) is 49.1 Å². The summed E-state index contributed by atoms with van der Waals surface area (Å²) in [6.07, 6.45) is 18.5. The quantitative estimate of drug-likeness (QED) is 0.0628. The van der Waals surface area contributed by atoms with E-state index < -0.39 is 23.7 Å². The van der Waals surface area contributed by atoms with Crippen molar-refractivity contribution in [1.82, 2.24) is 59.1 Å². The first kappa shape index (κ1) is 88.7. The molecule has 9 aromatic rings. The minimum atomic E-state index is -4.64. The summed E-state index contributed by atoms with van der Waals surface area (Å²) in [6.45, 7) is 19.0. The van der Waals surface area contributed by atoms with Crippen LogP contribution in [0.2, 0.25) is 30.1 Å². The van der Waals surface area contributed by atoms with Crippen LogP contribution in [0.25, 0.3) is 16.9 Å². The molecule has 35 heteroatoms. The molecule has 3 saturated heterocycles. The Morgan fingerprint density at radius 3 is 1.42 bits per heavy atom. The van der Waals surface area contributed by atoms with Crippen LogP contribution in [0.15, 0.2) is 145 Å². The molecule has 6 aromatic heterocycles. The first-order valence-corrected chi connectivity index (χ1v) is 37.2. The number of halogens is 9. The van der Waals surface area contributed by atoms with Crippen molar-refractivity contribution < 1.29 is 38.4 Å². The van der Waals surface area contributed by atoms with Crippen LogP contribution in [0.1, 0.15) is 129 Å². The Morgan fingerprint density at radius 1 is 0.590 bits per heavy atom. The molecule has 23 nitrogen and oxygen atoms in total. The summed E-state index contributed by atoms with van der Waals surface area (Å²) in [6, 6.07) is 17.2. The van der Waals surface area contributed by atoms with Gasteiger partial charge in [0, 0.05) is 127 Å². The molecule has 9 heterocycles. The van der Waals surface area contributed by atoms with Gasteiger partial charge in [0.2, 0.25) is 18.2 Å². The number of carbonyl (C=O) groups is 3. The lowest BCUT2D eigenvalue weighted by Gasteiger charge is -2.24. The van der Waals surface area contributed by atoms with Crippen molar-refractivity contribution in [3.05, 3.63) is 151 Å². The molecular formula is C70H90Cl6F3N17O6S3. The number of hydrogen-bond donors (Lipinski definition) is 5. The lowest BCUT2D eigenvalue weighted by molar-refractivity contribution is -0.156. The Labute approximate surface area is 654 Å². The van der Waals surface area contributed by atoms with Gasteiger partial charge in [-0.15, -0.1) is 0 Å². The number of rotatable bonds is 10. The van der Waals surface area contributed by atoms with E-state index in [-0.39, 0.29) is 50.9 Å². The SMILES string of the molecule is C.C.CC(C)(C)OC(=O)NC1CCCN(c2ncc(Sc3cccc(Cl)c3Cl)c3nccn23)CC1.CC(C)(C)OC(=O)NC1CCCNCC1.N#N.NC1CCCN(c2ncc(Sc3cccc(Cl)c3Cl)c3nccn23)CC1.O=CC(F)(F)F.O=c1[nH]cc(Sc2cccc(Cl)c2Cl)c2nccn12.[2H]CC. The molecule has 0 radical (unpaired) electrons. The number of hydrogen-bond acceptors (Lipinski definition) is 20. The van der Waals surface area contributed by atoms with E-state index in [2.05, 4.69) is 45.7 Å². The van der Waals surface area contributed by atoms with Gasteiger partial charge < -0.3 is 45.9 Å². The molecule has 0 saturated carbocycles. The normalized spacial score (nSPS) is 16.0. The highest BCUT2D eigenvalue weighted by atomic mass is 35.5. The van der Waals surface area contributed by atoms with E-state index in [1.165, 1.54) is 39.7 Å². The van der Waals surface area contributed by atoms with Crippen molar-refractivity contribution in [3.63, 3.8) is 0 Å². The van der Waals surface area contributed by atoms with E-state index >= 15 is 0 Å². The second-order valence-electron chi connectivity index (χ2n) is 24.8. The first-order chi connectivity index (χ1) is 49.5. The number of carbonyl (C=O) groups excluding carboxylic acids is 3. The Morgan fingerprint density at radius 2 is 0.981 bits per heavy atom. The van der Waals surface area contributed by atoms with Crippen molar-refractivity contribution in [1.29, 1.82) is 10.8 Å². The Bertz CT molecular complexity index is 4330. The van der Waals surface area contributed by atoms with E-state index in [9.17, 15) is 27.6 Å². The second-order valence-corrected chi connectivity index (χ2v) is 30.4. The van der Waals surface area contributed by atoms with E-state index in [4.69, 9.17) is 112 Å². The fourth-order valence-electron chi connectivity index (χ4n) is 10.3. The molecule has 12 rings (SSSR count). The third-order valence-electron chi connectivity index (χ3n) is 14.8. The highest BCUT2D eigenvalue weighted by molar-refractivity contribution is 8.00. The fraction of sp³-hybridized carbons (Fsp3) is 0.443. The van der Waals surface area contributed by atoms with Gasteiger partial charge in [-0.25, -0.2) is 39.3 Å². The van der Waals surface area contributed by atoms with E-state index in [0.29, 0.717) is 42.7 Å². The molecule has 0 spiro atoms. The summed E-state index contributed by atoms with van der Waals surface area (Å²) in [4.78, 5) is 79.1. The zero-order valence-corrected chi connectivity index (χ0v) is 64.5.